The molecular weight excluding hydrogens is 541 g/mol. The molecule has 2 saturated heterocycles. The van der Waals surface area contributed by atoms with Gasteiger partial charge in [-0.1, -0.05) is 53.7 Å². The van der Waals surface area contributed by atoms with Crippen LogP contribution in [0.25, 0.3) is 0 Å². The Morgan fingerprint density at radius 2 is 1.10 bits per heavy atom. The van der Waals surface area contributed by atoms with E-state index in [0.29, 0.717) is 13.2 Å². The highest BCUT2D eigenvalue weighted by molar-refractivity contribution is 7.71. The molecule has 4 rings (SSSR count). The number of ether oxygens (including phenoxy) is 4. The second kappa shape index (κ2) is 14.0. The van der Waals surface area contributed by atoms with Gasteiger partial charge >= 0.3 is 0 Å². The van der Waals surface area contributed by atoms with Crippen LogP contribution in [0.3, 0.4) is 0 Å². The molecule has 2 heterocycles. The van der Waals surface area contributed by atoms with E-state index >= 15 is 0 Å². The number of nitrogens with zero attached hydrogens (tertiary/aromatic N) is 1. The van der Waals surface area contributed by atoms with E-state index in [9.17, 15) is 0 Å². The molecule has 0 saturated carbocycles. The molecule has 0 aromatic heterocycles. The van der Waals surface area contributed by atoms with E-state index < -0.39 is 8.07 Å². The van der Waals surface area contributed by atoms with Crippen molar-refractivity contribution < 1.29 is 18.9 Å². The van der Waals surface area contributed by atoms with Gasteiger partial charge in [0.25, 0.3) is 0 Å². The fraction of sp³-hybridized carbons (Fsp3) is 0.667. The van der Waals surface area contributed by atoms with Crippen molar-refractivity contribution >= 4 is 18.7 Å². The van der Waals surface area contributed by atoms with Crippen LogP contribution in [0.4, 0.5) is 0 Å². The quantitative estimate of drug-likeness (QED) is 0.277. The van der Waals surface area contributed by atoms with Crippen LogP contribution in [0, 0.1) is 13.8 Å². The van der Waals surface area contributed by atoms with Gasteiger partial charge in [0, 0.05) is 43.0 Å². The highest BCUT2D eigenvalue weighted by Crippen LogP contribution is 2.47. The Hall–Kier alpha value is -1.65. The van der Waals surface area contributed by atoms with Gasteiger partial charge in [-0.2, -0.15) is 0 Å². The maximum Gasteiger partial charge on any atom is 0.132 e. The molecule has 0 radical (unpaired) electrons. The molecule has 2 unspecified atom stereocenters. The topological polar surface area (TPSA) is 40.2 Å². The number of hydrogen-bond acceptors (Lipinski definition) is 5. The van der Waals surface area contributed by atoms with Gasteiger partial charge in [-0.25, -0.2) is 0 Å². The summed E-state index contributed by atoms with van der Waals surface area (Å²) < 4.78 is 28.3. The van der Waals surface area contributed by atoms with Crippen LogP contribution in [-0.2, 0) is 20.3 Å². The Kier molecular flexibility index (Phi) is 11.1. The number of hydrogen-bond donors (Lipinski definition) is 0. The second-order valence-corrected chi connectivity index (χ2v) is 17.0. The summed E-state index contributed by atoms with van der Waals surface area (Å²) >= 11 is 0. The van der Waals surface area contributed by atoms with Crippen molar-refractivity contribution in [2.45, 2.75) is 117 Å². The molecule has 2 aromatic rings. The summed E-state index contributed by atoms with van der Waals surface area (Å²) in [6.07, 6.45) is 7.10. The standard InChI is InChI=1S/C36H56NO4P/c1-25-19-29(35(3,4)5)33(40-23-27-15-11-13-17-38-27)31(21-25)42(37(9)10)32-22-26(2)20-30(36(6,7)8)34(32)41-24-28-16-12-14-18-39-28/h19-22,27-28H,11-18,23-24H2,1-10H3. The van der Waals surface area contributed by atoms with Gasteiger partial charge in [0.2, 0.25) is 0 Å². The molecule has 2 aliphatic rings. The van der Waals surface area contributed by atoms with E-state index in [1.54, 1.807) is 0 Å². The summed E-state index contributed by atoms with van der Waals surface area (Å²) in [7, 11) is 3.43. The third kappa shape index (κ3) is 8.29. The van der Waals surface area contributed by atoms with E-state index in [1.165, 1.54) is 45.7 Å². The van der Waals surface area contributed by atoms with Crippen molar-refractivity contribution in [1.29, 1.82) is 0 Å². The maximum absolute atomic E-state index is 6.87. The minimum absolute atomic E-state index is 0.0718. The molecule has 0 amide bonds. The second-order valence-electron chi connectivity index (χ2n) is 14.6. The van der Waals surface area contributed by atoms with E-state index in [1.807, 2.05) is 0 Å². The van der Waals surface area contributed by atoms with Crippen LogP contribution in [0.15, 0.2) is 24.3 Å². The van der Waals surface area contributed by atoms with Gasteiger partial charge < -0.3 is 18.9 Å². The van der Waals surface area contributed by atoms with Crippen LogP contribution in [-0.4, -0.2) is 57.4 Å². The molecule has 2 aliphatic heterocycles. The average molecular weight is 598 g/mol. The Bertz CT molecular complexity index is 1090. The van der Waals surface area contributed by atoms with Crippen molar-refractivity contribution in [1.82, 2.24) is 4.67 Å². The molecule has 0 spiro atoms. The molecule has 0 aliphatic carbocycles. The smallest absolute Gasteiger partial charge is 0.132 e. The van der Waals surface area contributed by atoms with Crippen molar-refractivity contribution in [2.75, 3.05) is 40.5 Å². The van der Waals surface area contributed by atoms with Gasteiger partial charge in [0.05, 0.1) is 12.2 Å². The first kappa shape index (κ1) is 33.2. The van der Waals surface area contributed by atoms with Gasteiger partial charge in [-0.05, 0) is 101 Å². The summed E-state index contributed by atoms with van der Waals surface area (Å²) in [5.74, 6) is 2.03. The molecule has 2 aromatic carbocycles. The highest BCUT2D eigenvalue weighted by Gasteiger charge is 2.33. The summed E-state index contributed by atoms with van der Waals surface area (Å²) in [5.41, 5.74) is 4.88. The zero-order chi connectivity index (χ0) is 30.7. The van der Waals surface area contributed by atoms with Crippen molar-refractivity contribution in [3.8, 4) is 11.5 Å². The lowest BCUT2D eigenvalue weighted by atomic mass is 9.85. The van der Waals surface area contributed by atoms with Gasteiger partial charge in [-0.15, -0.1) is 0 Å². The largest absolute Gasteiger partial charge is 0.490 e. The van der Waals surface area contributed by atoms with E-state index in [0.717, 1.165) is 50.4 Å². The fourth-order valence-corrected chi connectivity index (χ4v) is 8.56. The first-order valence-electron chi connectivity index (χ1n) is 16.0. The first-order valence-corrected chi connectivity index (χ1v) is 17.3. The van der Waals surface area contributed by atoms with Crippen LogP contribution in [0.1, 0.15) is 102 Å². The van der Waals surface area contributed by atoms with Crippen LogP contribution >= 0.6 is 8.07 Å². The Labute approximate surface area is 257 Å². The zero-order valence-electron chi connectivity index (χ0n) is 28.1. The maximum atomic E-state index is 6.87. The lowest BCUT2D eigenvalue weighted by molar-refractivity contribution is -0.0111. The molecule has 0 bridgehead atoms. The molecule has 2 atom stereocenters. The monoisotopic (exact) mass is 597 g/mol. The van der Waals surface area contributed by atoms with Gasteiger partial charge in [0.1, 0.15) is 24.7 Å². The summed E-state index contributed by atoms with van der Waals surface area (Å²) in [4.78, 5) is 0. The van der Waals surface area contributed by atoms with E-state index in [2.05, 4.69) is 98.4 Å². The minimum Gasteiger partial charge on any atom is -0.490 e. The summed E-state index contributed by atoms with van der Waals surface area (Å²) in [5, 5.41) is 2.50. The number of benzene rings is 2. The first-order chi connectivity index (χ1) is 19.8. The lowest BCUT2D eigenvalue weighted by Crippen LogP contribution is -2.33. The Morgan fingerprint density at radius 3 is 1.40 bits per heavy atom. The molecule has 42 heavy (non-hydrogen) atoms. The average Bonchev–Trinajstić information content (AvgIpc) is 2.91. The normalized spacial score (nSPS) is 20.9. The summed E-state index contributed by atoms with van der Waals surface area (Å²) in [6.45, 7) is 21.0. The fourth-order valence-electron chi connectivity index (χ4n) is 6.03. The third-order valence-electron chi connectivity index (χ3n) is 8.27. The Balaban J connectivity index is 1.87. The Morgan fingerprint density at radius 1 is 0.690 bits per heavy atom. The van der Waals surface area contributed by atoms with Crippen molar-refractivity contribution in [2.24, 2.45) is 0 Å². The van der Waals surface area contributed by atoms with Gasteiger partial charge in [0.15, 0.2) is 0 Å². The van der Waals surface area contributed by atoms with E-state index in [-0.39, 0.29) is 23.0 Å². The number of rotatable bonds is 9. The van der Waals surface area contributed by atoms with Crippen LogP contribution < -0.4 is 20.1 Å². The minimum atomic E-state index is -0.967. The molecule has 0 N–H and O–H groups in total. The summed E-state index contributed by atoms with van der Waals surface area (Å²) in [6, 6.07) is 9.34. The molecule has 2 fully saturated rings. The lowest BCUT2D eigenvalue weighted by Gasteiger charge is -2.35. The molecule has 6 heteroatoms. The number of aryl methyl sites for hydroxylation is 2. The SMILES string of the molecule is Cc1cc(P(c2cc(C)cc(C(C)(C)C)c2OCC2CCCCO2)N(C)C)c(OCC2CCCCO2)c(C(C)(C)C)c1. The predicted octanol–water partition coefficient (Wildman–Crippen LogP) is 7.70. The third-order valence-corrected chi connectivity index (χ3v) is 10.7. The molecule has 234 valence electrons. The van der Waals surface area contributed by atoms with Crippen LogP contribution in [0.5, 0.6) is 11.5 Å². The molecular formula is C36H56NO4P. The van der Waals surface area contributed by atoms with Crippen molar-refractivity contribution in [3.63, 3.8) is 0 Å². The zero-order valence-corrected chi connectivity index (χ0v) is 29.0. The van der Waals surface area contributed by atoms with E-state index in [4.69, 9.17) is 18.9 Å². The molecule has 5 nitrogen and oxygen atoms in total. The van der Waals surface area contributed by atoms with Crippen molar-refractivity contribution in [3.05, 3.63) is 46.5 Å². The van der Waals surface area contributed by atoms with Gasteiger partial charge in [-0.3, -0.25) is 4.67 Å². The predicted molar refractivity (Wildman–Crippen MR) is 178 cm³/mol. The highest BCUT2D eigenvalue weighted by atomic mass is 31.1. The van der Waals surface area contributed by atoms with Crippen LogP contribution in [0.2, 0.25) is 0 Å².